The van der Waals surface area contributed by atoms with E-state index < -0.39 is 0 Å². The van der Waals surface area contributed by atoms with E-state index >= 15 is 0 Å². The highest BCUT2D eigenvalue weighted by Crippen LogP contribution is 2.41. The summed E-state index contributed by atoms with van der Waals surface area (Å²) >= 11 is 0. The fourth-order valence-electron chi connectivity index (χ4n) is 5.61. The van der Waals surface area contributed by atoms with Crippen LogP contribution in [0.1, 0.15) is 55.8 Å². The van der Waals surface area contributed by atoms with Crippen LogP contribution in [-0.4, -0.2) is 73.1 Å². The maximum Gasteiger partial charge on any atom is 0.274 e. The summed E-state index contributed by atoms with van der Waals surface area (Å²) in [6, 6.07) is 5.74. The number of benzene rings is 1. The molecule has 2 aromatic rings. The van der Waals surface area contributed by atoms with Gasteiger partial charge in [0.25, 0.3) is 11.8 Å². The number of amides is 2. The Labute approximate surface area is 224 Å². The second kappa shape index (κ2) is 11.0. The molecule has 5 rings (SSSR count). The van der Waals surface area contributed by atoms with Crippen LogP contribution in [0.4, 0.5) is 23.1 Å². The molecule has 38 heavy (non-hydrogen) atoms. The van der Waals surface area contributed by atoms with Crippen molar-refractivity contribution in [2.45, 2.75) is 57.5 Å². The number of allylic oxidation sites excluding steroid dienone is 1. The molecule has 1 aliphatic carbocycles. The Morgan fingerprint density at radius 2 is 1.87 bits per heavy atom. The molecule has 2 aliphatic heterocycles. The number of methoxy groups -OCH3 is 1. The van der Waals surface area contributed by atoms with Gasteiger partial charge in [0.05, 0.1) is 19.0 Å². The minimum Gasteiger partial charge on any atom is -0.495 e. The molecule has 3 aliphatic rings. The van der Waals surface area contributed by atoms with E-state index in [-0.39, 0.29) is 23.9 Å². The van der Waals surface area contributed by atoms with Gasteiger partial charge in [-0.15, -0.1) is 0 Å². The first-order valence-corrected chi connectivity index (χ1v) is 13.4. The van der Waals surface area contributed by atoms with Crippen LogP contribution in [0, 0.1) is 0 Å². The largest absolute Gasteiger partial charge is 0.495 e. The molecule has 1 saturated carbocycles. The quantitative estimate of drug-likeness (QED) is 0.557. The molecule has 0 spiro atoms. The lowest BCUT2D eigenvalue weighted by Gasteiger charge is -2.39. The molecule has 10 heteroatoms. The monoisotopic (exact) mass is 519 g/mol. The average molecular weight is 520 g/mol. The van der Waals surface area contributed by atoms with Gasteiger partial charge in [-0.05, 0) is 70.9 Å². The van der Waals surface area contributed by atoms with Crippen LogP contribution in [0.5, 0.6) is 5.75 Å². The van der Waals surface area contributed by atoms with Gasteiger partial charge in [0.2, 0.25) is 5.95 Å². The lowest BCUT2D eigenvalue weighted by atomic mass is 10.0. The standard InChI is InChI=1S/C28H37N7O3/c1-5-22-27(37)34(3)23-17-29-28(32-25(23)35(22)20-8-6-7-9-20)31-21-11-10-18(16-24(21)38-4)26(36)30-19-12-14-33(2)15-13-19/h5,10-11,16-17,19-20H,6-9,12-15H2,1-4H3,(H,30,36)(H,29,31,32)/b22-5-. The average Bonchev–Trinajstić information content (AvgIpc) is 3.46. The molecule has 3 heterocycles. The number of fused-ring (bicyclic) bond motifs is 1. The topological polar surface area (TPSA) is 103 Å². The predicted molar refractivity (Wildman–Crippen MR) is 148 cm³/mol. The van der Waals surface area contributed by atoms with E-state index in [2.05, 4.69) is 32.5 Å². The first-order chi connectivity index (χ1) is 18.4. The van der Waals surface area contributed by atoms with Crippen LogP contribution in [-0.2, 0) is 4.79 Å². The molecular formula is C28H37N7O3. The van der Waals surface area contributed by atoms with Crippen molar-refractivity contribution in [2.75, 3.05) is 49.4 Å². The number of ether oxygens (including phenoxy) is 1. The number of rotatable bonds is 6. The first-order valence-electron chi connectivity index (χ1n) is 13.4. The minimum absolute atomic E-state index is 0.0491. The van der Waals surface area contributed by atoms with Gasteiger partial charge in [0.15, 0.2) is 5.82 Å². The van der Waals surface area contributed by atoms with Crippen molar-refractivity contribution in [3.63, 3.8) is 0 Å². The van der Waals surface area contributed by atoms with Gasteiger partial charge < -0.3 is 30.1 Å². The van der Waals surface area contributed by atoms with E-state index in [1.165, 1.54) is 0 Å². The number of nitrogens with one attached hydrogen (secondary N) is 2. The molecule has 0 atom stereocenters. The van der Waals surface area contributed by atoms with Crippen molar-refractivity contribution in [3.8, 4) is 5.75 Å². The number of hydrogen-bond donors (Lipinski definition) is 2. The number of piperidine rings is 1. The normalized spacial score (nSPS) is 20.1. The third-order valence-electron chi connectivity index (χ3n) is 7.85. The zero-order valence-electron chi connectivity index (χ0n) is 22.7. The van der Waals surface area contributed by atoms with Crippen LogP contribution >= 0.6 is 0 Å². The molecule has 2 fully saturated rings. The Bertz CT molecular complexity index is 1230. The fourth-order valence-corrected chi connectivity index (χ4v) is 5.61. The van der Waals surface area contributed by atoms with E-state index in [4.69, 9.17) is 9.72 Å². The third-order valence-corrected chi connectivity index (χ3v) is 7.85. The van der Waals surface area contributed by atoms with Crippen molar-refractivity contribution in [3.05, 3.63) is 41.7 Å². The van der Waals surface area contributed by atoms with Crippen LogP contribution < -0.4 is 25.2 Å². The van der Waals surface area contributed by atoms with Crippen molar-refractivity contribution in [1.82, 2.24) is 20.2 Å². The molecule has 0 unspecified atom stereocenters. The highest BCUT2D eigenvalue weighted by molar-refractivity contribution is 6.12. The maximum atomic E-state index is 13.1. The van der Waals surface area contributed by atoms with Gasteiger partial charge in [0.1, 0.15) is 17.1 Å². The van der Waals surface area contributed by atoms with Crippen molar-refractivity contribution in [2.24, 2.45) is 0 Å². The first kappa shape index (κ1) is 26.0. The molecule has 1 saturated heterocycles. The van der Waals surface area contributed by atoms with Gasteiger partial charge >= 0.3 is 0 Å². The second-order valence-electron chi connectivity index (χ2n) is 10.3. The van der Waals surface area contributed by atoms with E-state index in [1.807, 2.05) is 19.1 Å². The number of likely N-dealkylation sites (N-methyl/N-ethyl adjacent to an activating group) is 1. The Hall–Kier alpha value is -3.66. The second-order valence-corrected chi connectivity index (χ2v) is 10.3. The molecule has 0 radical (unpaired) electrons. The number of carbonyl (C=O) groups excluding carboxylic acids is 2. The molecule has 2 amide bonds. The predicted octanol–water partition coefficient (Wildman–Crippen LogP) is 3.68. The number of likely N-dealkylation sites (tertiary alicyclic amines) is 1. The SMILES string of the molecule is C/C=C1/C(=O)N(C)c2cnc(Nc3ccc(C(=O)NC4CCN(C)CC4)cc3OC)nc2N1C1CCCC1. The highest BCUT2D eigenvalue weighted by Gasteiger charge is 2.38. The highest BCUT2D eigenvalue weighted by atomic mass is 16.5. The van der Waals surface area contributed by atoms with Crippen LogP contribution in [0.2, 0.25) is 0 Å². The van der Waals surface area contributed by atoms with Crippen molar-refractivity contribution < 1.29 is 14.3 Å². The lowest BCUT2D eigenvalue weighted by Crippen LogP contribution is -2.46. The summed E-state index contributed by atoms with van der Waals surface area (Å²) in [4.78, 5) is 41.3. The van der Waals surface area contributed by atoms with Crippen LogP contribution in [0.25, 0.3) is 0 Å². The van der Waals surface area contributed by atoms with Crippen molar-refractivity contribution >= 4 is 35.0 Å². The Balaban J connectivity index is 1.38. The molecule has 10 nitrogen and oxygen atoms in total. The summed E-state index contributed by atoms with van der Waals surface area (Å²) in [5.41, 5.74) is 2.53. The summed E-state index contributed by atoms with van der Waals surface area (Å²) < 4.78 is 5.62. The lowest BCUT2D eigenvalue weighted by molar-refractivity contribution is -0.115. The molecule has 202 valence electrons. The maximum absolute atomic E-state index is 13.1. The molecule has 2 N–H and O–H groups in total. The van der Waals surface area contributed by atoms with Crippen LogP contribution in [0.3, 0.4) is 0 Å². The van der Waals surface area contributed by atoms with E-state index in [1.54, 1.807) is 37.4 Å². The summed E-state index contributed by atoms with van der Waals surface area (Å²) in [5, 5.41) is 6.41. The number of anilines is 4. The van der Waals surface area contributed by atoms with Gasteiger partial charge in [-0.1, -0.05) is 18.9 Å². The summed E-state index contributed by atoms with van der Waals surface area (Å²) in [6.45, 7) is 3.86. The number of nitrogens with zero attached hydrogens (tertiary/aromatic N) is 5. The zero-order chi connectivity index (χ0) is 26.8. The van der Waals surface area contributed by atoms with Gasteiger partial charge in [-0.2, -0.15) is 4.98 Å². The van der Waals surface area contributed by atoms with Gasteiger partial charge in [-0.3, -0.25) is 9.59 Å². The fraction of sp³-hybridized carbons (Fsp3) is 0.500. The van der Waals surface area contributed by atoms with E-state index in [0.717, 1.165) is 57.4 Å². The Morgan fingerprint density at radius 1 is 1.13 bits per heavy atom. The Morgan fingerprint density at radius 3 is 2.55 bits per heavy atom. The van der Waals surface area contributed by atoms with Gasteiger partial charge in [0, 0.05) is 24.7 Å². The molecule has 0 bridgehead atoms. The van der Waals surface area contributed by atoms with Gasteiger partial charge in [-0.25, -0.2) is 4.98 Å². The third kappa shape index (κ3) is 5.05. The zero-order valence-corrected chi connectivity index (χ0v) is 22.7. The molecular weight excluding hydrogens is 482 g/mol. The summed E-state index contributed by atoms with van der Waals surface area (Å²) in [7, 11) is 5.43. The number of aromatic nitrogens is 2. The van der Waals surface area contributed by atoms with Crippen LogP contribution in [0.15, 0.2) is 36.2 Å². The number of carbonyl (C=O) groups is 2. The molecule has 1 aromatic carbocycles. The molecule has 1 aromatic heterocycles. The summed E-state index contributed by atoms with van der Waals surface area (Å²) in [5.74, 6) is 1.49. The smallest absolute Gasteiger partial charge is 0.274 e. The number of hydrogen-bond acceptors (Lipinski definition) is 8. The van der Waals surface area contributed by atoms with Crippen molar-refractivity contribution in [1.29, 1.82) is 0 Å². The summed E-state index contributed by atoms with van der Waals surface area (Å²) in [6.07, 6.45) is 9.78. The Kier molecular flexibility index (Phi) is 7.51. The minimum atomic E-state index is -0.103. The van der Waals surface area contributed by atoms with E-state index in [0.29, 0.717) is 34.3 Å². The van der Waals surface area contributed by atoms with E-state index in [9.17, 15) is 9.59 Å².